The zero-order chi connectivity index (χ0) is 9.14. The Hall–Kier alpha value is -1.60. The summed E-state index contributed by atoms with van der Waals surface area (Å²) in [6.45, 7) is -0.811. The van der Waals surface area contributed by atoms with Gasteiger partial charge in [-0.15, -0.1) is 5.10 Å². The number of carboxylic acids is 1. The summed E-state index contributed by atoms with van der Waals surface area (Å²) in [5, 5.41) is 17.4. The van der Waals surface area contributed by atoms with E-state index < -0.39 is 24.8 Å². The molecule has 0 aromatic carbocycles. The molecule has 8 heteroatoms. The lowest BCUT2D eigenvalue weighted by atomic mass is 10.6. The van der Waals surface area contributed by atoms with Crippen LogP contribution in [0.15, 0.2) is 0 Å². The van der Waals surface area contributed by atoms with Crippen LogP contribution in [-0.4, -0.2) is 37.7 Å². The fourth-order valence-corrected chi connectivity index (χ4v) is 0.612. The molecule has 0 aliphatic rings. The SMILES string of the molecule is O=C(O)c1nnnn1CC(F)F. The number of tetrazole rings is 1. The van der Waals surface area contributed by atoms with Crippen molar-refractivity contribution in [3.05, 3.63) is 5.82 Å². The summed E-state index contributed by atoms with van der Waals surface area (Å²) in [6, 6.07) is 0. The van der Waals surface area contributed by atoms with Gasteiger partial charge < -0.3 is 5.11 Å². The summed E-state index contributed by atoms with van der Waals surface area (Å²) in [6.07, 6.45) is -2.67. The van der Waals surface area contributed by atoms with Gasteiger partial charge in [0, 0.05) is 0 Å². The average molecular weight is 178 g/mol. The lowest BCUT2D eigenvalue weighted by Crippen LogP contribution is -2.15. The average Bonchev–Trinajstić information content (AvgIpc) is 2.33. The van der Waals surface area contributed by atoms with Gasteiger partial charge in [0.1, 0.15) is 6.54 Å². The molecule has 0 unspecified atom stereocenters. The van der Waals surface area contributed by atoms with Crippen LogP contribution in [0, 0.1) is 0 Å². The third-order valence-electron chi connectivity index (χ3n) is 1.03. The van der Waals surface area contributed by atoms with Crippen LogP contribution in [0.5, 0.6) is 0 Å². The highest BCUT2D eigenvalue weighted by atomic mass is 19.3. The second-order valence-corrected chi connectivity index (χ2v) is 1.88. The van der Waals surface area contributed by atoms with E-state index in [4.69, 9.17) is 5.11 Å². The highest BCUT2D eigenvalue weighted by Crippen LogP contribution is 1.98. The molecule has 1 N–H and O–H groups in total. The van der Waals surface area contributed by atoms with Gasteiger partial charge in [-0.1, -0.05) is 0 Å². The lowest BCUT2D eigenvalue weighted by molar-refractivity contribution is 0.0664. The van der Waals surface area contributed by atoms with Gasteiger partial charge in [0.2, 0.25) is 0 Å². The number of carbonyl (C=O) groups is 1. The molecule has 0 fully saturated rings. The number of halogens is 2. The molecule has 1 heterocycles. The Bertz CT molecular complexity index is 286. The molecule has 0 saturated heterocycles. The van der Waals surface area contributed by atoms with Crippen LogP contribution in [-0.2, 0) is 6.54 Å². The van der Waals surface area contributed by atoms with Crippen LogP contribution in [0.25, 0.3) is 0 Å². The number of hydrogen-bond donors (Lipinski definition) is 1. The highest BCUT2D eigenvalue weighted by molar-refractivity contribution is 5.82. The third-order valence-corrected chi connectivity index (χ3v) is 1.03. The molecule has 12 heavy (non-hydrogen) atoms. The normalized spacial score (nSPS) is 10.6. The molecule has 0 aliphatic heterocycles. The third kappa shape index (κ3) is 1.71. The number of aromatic carboxylic acids is 1. The van der Waals surface area contributed by atoms with E-state index >= 15 is 0 Å². The number of rotatable bonds is 3. The summed E-state index contributed by atoms with van der Waals surface area (Å²) in [4.78, 5) is 10.3. The predicted molar refractivity (Wildman–Crippen MR) is 30.8 cm³/mol. The van der Waals surface area contributed by atoms with Gasteiger partial charge in [-0.05, 0) is 10.4 Å². The summed E-state index contributed by atoms with van der Waals surface area (Å²) in [7, 11) is 0. The maximum Gasteiger partial charge on any atom is 0.375 e. The molecule has 1 rings (SSSR count). The Morgan fingerprint density at radius 3 is 2.83 bits per heavy atom. The minimum absolute atomic E-state index is 0.535. The smallest absolute Gasteiger partial charge is 0.375 e. The van der Waals surface area contributed by atoms with Crippen LogP contribution in [0.2, 0.25) is 0 Å². The summed E-state index contributed by atoms with van der Waals surface area (Å²) >= 11 is 0. The van der Waals surface area contributed by atoms with Crippen LogP contribution in [0.4, 0.5) is 8.78 Å². The first-order valence-electron chi connectivity index (χ1n) is 2.89. The van der Waals surface area contributed by atoms with E-state index in [1.165, 1.54) is 0 Å². The molecule has 1 aromatic heterocycles. The first-order chi connectivity index (χ1) is 5.61. The molecule has 0 saturated carbocycles. The monoisotopic (exact) mass is 178 g/mol. The molecule has 0 bridgehead atoms. The Morgan fingerprint density at radius 2 is 2.33 bits per heavy atom. The van der Waals surface area contributed by atoms with Crippen molar-refractivity contribution in [1.29, 1.82) is 0 Å². The van der Waals surface area contributed by atoms with Gasteiger partial charge in [-0.25, -0.2) is 18.3 Å². The zero-order valence-electron chi connectivity index (χ0n) is 5.68. The minimum atomic E-state index is -2.67. The van der Waals surface area contributed by atoms with Crippen LogP contribution < -0.4 is 0 Å². The van der Waals surface area contributed by atoms with Crippen molar-refractivity contribution in [2.45, 2.75) is 13.0 Å². The number of nitrogens with zero attached hydrogens (tertiary/aromatic N) is 4. The van der Waals surface area contributed by atoms with Gasteiger partial charge in [0.05, 0.1) is 0 Å². The van der Waals surface area contributed by atoms with Crippen LogP contribution >= 0.6 is 0 Å². The molecule has 0 atom stereocenters. The number of hydrogen-bond acceptors (Lipinski definition) is 4. The Labute approximate surface area is 64.8 Å². The predicted octanol–water partition coefficient (Wildman–Crippen LogP) is -0.364. The van der Waals surface area contributed by atoms with Crippen molar-refractivity contribution in [3.63, 3.8) is 0 Å². The van der Waals surface area contributed by atoms with Crippen molar-refractivity contribution in [3.8, 4) is 0 Å². The van der Waals surface area contributed by atoms with E-state index in [2.05, 4.69) is 15.5 Å². The second-order valence-electron chi connectivity index (χ2n) is 1.88. The maximum absolute atomic E-state index is 11.7. The van der Waals surface area contributed by atoms with Crippen molar-refractivity contribution in [2.75, 3.05) is 0 Å². The Morgan fingerprint density at radius 1 is 1.67 bits per heavy atom. The number of carboxylic acid groups (broad SMARTS) is 1. The molecule has 0 spiro atoms. The molecular weight excluding hydrogens is 174 g/mol. The first kappa shape index (κ1) is 8.50. The van der Waals surface area contributed by atoms with Crippen LogP contribution in [0.3, 0.4) is 0 Å². The maximum atomic E-state index is 11.7. The topological polar surface area (TPSA) is 80.9 Å². The van der Waals surface area contributed by atoms with Crippen molar-refractivity contribution in [2.24, 2.45) is 0 Å². The van der Waals surface area contributed by atoms with E-state index in [0.717, 1.165) is 0 Å². The zero-order valence-corrected chi connectivity index (χ0v) is 5.68. The van der Waals surface area contributed by atoms with Gasteiger partial charge in [0.25, 0.3) is 12.2 Å². The quantitative estimate of drug-likeness (QED) is 0.683. The molecule has 0 amide bonds. The fraction of sp³-hybridized carbons (Fsp3) is 0.500. The van der Waals surface area contributed by atoms with E-state index in [9.17, 15) is 13.6 Å². The van der Waals surface area contributed by atoms with Gasteiger partial charge >= 0.3 is 5.97 Å². The molecular formula is C4H4F2N4O2. The molecule has 66 valence electrons. The minimum Gasteiger partial charge on any atom is -0.475 e. The Balaban J connectivity index is 2.84. The number of alkyl halides is 2. The molecule has 0 aliphatic carbocycles. The first-order valence-corrected chi connectivity index (χ1v) is 2.89. The van der Waals surface area contributed by atoms with E-state index in [-0.39, 0.29) is 0 Å². The van der Waals surface area contributed by atoms with E-state index in [1.807, 2.05) is 0 Å². The molecule has 1 aromatic rings. The fourth-order valence-electron chi connectivity index (χ4n) is 0.612. The lowest BCUT2D eigenvalue weighted by Gasteiger charge is -1.98. The van der Waals surface area contributed by atoms with Gasteiger partial charge in [-0.3, -0.25) is 0 Å². The van der Waals surface area contributed by atoms with E-state index in [0.29, 0.717) is 4.68 Å². The van der Waals surface area contributed by atoms with E-state index in [1.54, 1.807) is 0 Å². The standard InChI is InChI=1S/C4H4F2N4O2/c5-2(6)1-10-3(4(11)12)7-8-9-10/h2H,1H2,(H,11,12). The largest absolute Gasteiger partial charge is 0.475 e. The van der Waals surface area contributed by atoms with Crippen molar-refractivity contribution < 1.29 is 18.7 Å². The van der Waals surface area contributed by atoms with Gasteiger partial charge in [-0.2, -0.15) is 0 Å². The highest BCUT2D eigenvalue weighted by Gasteiger charge is 2.16. The molecule has 0 radical (unpaired) electrons. The van der Waals surface area contributed by atoms with Gasteiger partial charge in [0.15, 0.2) is 0 Å². The van der Waals surface area contributed by atoms with Crippen molar-refractivity contribution >= 4 is 5.97 Å². The summed E-state index contributed by atoms with van der Waals surface area (Å²) in [5.41, 5.74) is 0. The second kappa shape index (κ2) is 3.20. The summed E-state index contributed by atoms with van der Waals surface area (Å²) in [5.74, 6) is -2.02. The van der Waals surface area contributed by atoms with Crippen LogP contribution in [0.1, 0.15) is 10.6 Å². The molecule has 6 nitrogen and oxygen atoms in total. The van der Waals surface area contributed by atoms with Crippen molar-refractivity contribution in [1.82, 2.24) is 20.2 Å². The Kier molecular flexibility index (Phi) is 2.26. The number of aromatic nitrogens is 4. The summed E-state index contributed by atoms with van der Waals surface area (Å²) < 4.78 is 24.0.